The van der Waals surface area contributed by atoms with Gasteiger partial charge in [-0.2, -0.15) is 0 Å². The fraction of sp³-hybridized carbons (Fsp3) is 0.400. The first-order chi connectivity index (χ1) is 8.77. The van der Waals surface area contributed by atoms with Crippen molar-refractivity contribution in [3.63, 3.8) is 0 Å². The maximum absolute atomic E-state index is 12.0. The van der Waals surface area contributed by atoms with E-state index in [0.29, 0.717) is 11.3 Å². The van der Waals surface area contributed by atoms with Crippen molar-refractivity contribution >= 4 is 33.4 Å². The molecule has 3 heteroatoms. The normalized spacial score (nSPS) is 17.2. The third-order valence-electron chi connectivity index (χ3n) is 3.78. The van der Waals surface area contributed by atoms with E-state index in [1.54, 1.807) is 0 Å². The van der Waals surface area contributed by atoms with E-state index in [0.717, 1.165) is 27.6 Å². The standard InChI is InChI=1S/C15H15IO2/c16-13-11-8-4-5-9-12(11)15(17)18-14(13)10-6-2-1-3-7-10/h4-5,8-10H,1-3,6-7H2. The molecule has 2 aromatic rings. The lowest BCUT2D eigenvalue weighted by Crippen LogP contribution is -2.11. The molecule has 94 valence electrons. The largest absolute Gasteiger partial charge is 0.426 e. The highest BCUT2D eigenvalue weighted by Crippen LogP contribution is 2.36. The van der Waals surface area contributed by atoms with Crippen molar-refractivity contribution in [1.29, 1.82) is 0 Å². The summed E-state index contributed by atoms with van der Waals surface area (Å²) >= 11 is 2.33. The fourth-order valence-corrected chi connectivity index (χ4v) is 3.83. The molecule has 3 rings (SSSR count). The Morgan fingerprint density at radius 3 is 2.44 bits per heavy atom. The molecule has 0 aliphatic heterocycles. The number of halogens is 1. The van der Waals surface area contributed by atoms with Gasteiger partial charge in [0.2, 0.25) is 0 Å². The zero-order valence-electron chi connectivity index (χ0n) is 10.1. The first-order valence-corrected chi connectivity index (χ1v) is 7.56. The minimum atomic E-state index is -0.188. The maximum Gasteiger partial charge on any atom is 0.343 e. The highest BCUT2D eigenvalue weighted by Gasteiger charge is 2.22. The summed E-state index contributed by atoms with van der Waals surface area (Å²) in [7, 11) is 0. The maximum atomic E-state index is 12.0. The number of benzene rings is 1. The van der Waals surface area contributed by atoms with Crippen LogP contribution in [-0.4, -0.2) is 0 Å². The van der Waals surface area contributed by atoms with Crippen molar-refractivity contribution in [2.24, 2.45) is 0 Å². The number of fused-ring (bicyclic) bond motifs is 1. The van der Waals surface area contributed by atoms with Crippen LogP contribution >= 0.6 is 22.6 Å². The van der Waals surface area contributed by atoms with Gasteiger partial charge in [0.05, 0.1) is 8.96 Å². The molecule has 1 saturated carbocycles. The van der Waals surface area contributed by atoms with E-state index in [9.17, 15) is 4.79 Å². The molecule has 0 saturated heterocycles. The highest BCUT2D eigenvalue weighted by atomic mass is 127. The summed E-state index contributed by atoms with van der Waals surface area (Å²) in [6.45, 7) is 0. The molecule has 0 amide bonds. The zero-order valence-corrected chi connectivity index (χ0v) is 12.3. The molecule has 1 aromatic carbocycles. The van der Waals surface area contributed by atoms with Crippen molar-refractivity contribution in [3.05, 3.63) is 44.0 Å². The monoisotopic (exact) mass is 354 g/mol. The summed E-state index contributed by atoms with van der Waals surface area (Å²) in [6.07, 6.45) is 6.11. The molecule has 0 spiro atoms. The second kappa shape index (κ2) is 5.03. The Hall–Kier alpha value is -0.840. The molecule has 0 radical (unpaired) electrons. The molecule has 1 aliphatic rings. The predicted molar refractivity (Wildman–Crippen MR) is 81.0 cm³/mol. The summed E-state index contributed by atoms with van der Waals surface area (Å²) < 4.78 is 6.72. The van der Waals surface area contributed by atoms with Gasteiger partial charge in [-0.3, -0.25) is 0 Å². The molecule has 1 aromatic heterocycles. The zero-order chi connectivity index (χ0) is 12.5. The summed E-state index contributed by atoms with van der Waals surface area (Å²) in [6, 6.07) is 7.72. The van der Waals surface area contributed by atoms with E-state index in [1.165, 1.54) is 19.3 Å². The quantitative estimate of drug-likeness (QED) is 0.709. The average Bonchev–Trinajstić information content (AvgIpc) is 2.44. The fourth-order valence-electron chi connectivity index (χ4n) is 2.81. The summed E-state index contributed by atoms with van der Waals surface area (Å²) in [5.74, 6) is 1.35. The third-order valence-corrected chi connectivity index (χ3v) is 4.89. The van der Waals surface area contributed by atoms with Gasteiger partial charge >= 0.3 is 5.63 Å². The predicted octanol–water partition coefficient (Wildman–Crippen LogP) is 4.45. The van der Waals surface area contributed by atoms with Gasteiger partial charge in [-0.25, -0.2) is 4.79 Å². The van der Waals surface area contributed by atoms with Gasteiger partial charge in [-0.1, -0.05) is 37.5 Å². The molecule has 1 fully saturated rings. The minimum absolute atomic E-state index is 0.188. The van der Waals surface area contributed by atoms with Gasteiger partial charge in [0.15, 0.2) is 0 Å². The summed E-state index contributed by atoms with van der Waals surface area (Å²) in [5, 5.41) is 1.73. The van der Waals surface area contributed by atoms with E-state index in [-0.39, 0.29) is 5.63 Å². The first-order valence-electron chi connectivity index (χ1n) is 6.48. The van der Waals surface area contributed by atoms with Crippen LogP contribution in [0.25, 0.3) is 10.8 Å². The SMILES string of the molecule is O=c1oc(C2CCCCC2)c(I)c2ccccc12. The Kier molecular flexibility index (Phi) is 3.41. The topological polar surface area (TPSA) is 30.2 Å². The van der Waals surface area contributed by atoms with Crippen LogP contribution in [0, 0.1) is 3.57 Å². The molecule has 0 N–H and O–H groups in total. The number of hydrogen-bond acceptors (Lipinski definition) is 2. The van der Waals surface area contributed by atoms with Crippen molar-refractivity contribution in [3.8, 4) is 0 Å². The van der Waals surface area contributed by atoms with Crippen LogP contribution in [0.1, 0.15) is 43.8 Å². The van der Waals surface area contributed by atoms with Crippen LogP contribution in [0.3, 0.4) is 0 Å². The smallest absolute Gasteiger partial charge is 0.343 e. The van der Waals surface area contributed by atoms with Crippen LogP contribution in [-0.2, 0) is 0 Å². The van der Waals surface area contributed by atoms with Gasteiger partial charge in [0, 0.05) is 11.3 Å². The first kappa shape index (κ1) is 12.2. The molecule has 0 atom stereocenters. The molecule has 0 unspecified atom stereocenters. The van der Waals surface area contributed by atoms with Crippen LogP contribution < -0.4 is 5.63 Å². The lowest BCUT2D eigenvalue weighted by atomic mass is 9.87. The lowest BCUT2D eigenvalue weighted by molar-refractivity contribution is 0.355. The summed E-state index contributed by atoms with van der Waals surface area (Å²) in [4.78, 5) is 12.0. The van der Waals surface area contributed by atoms with Gasteiger partial charge in [-0.05, 0) is 41.5 Å². The Balaban J connectivity index is 2.18. The van der Waals surface area contributed by atoms with E-state index in [1.807, 2.05) is 24.3 Å². The van der Waals surface area contributed by atoms with E-state index in [4.69, 9.17) is 4.42 Å². The average molecular weight is 354 g/mol. The van der Waals surface area contributed by atoms with Crippen molar-refractivity contribution in [2.45, 2.75) is 38.0 Å². The Labute approximate surface area is 120 Å². The molecule has 18 heavy (non-hydrogen) atoms. The minimum Gasteiger partial charge on any atom is -0.426 e. The van der Waals surface area contributed by atoms with Gasteiger partial charge in [-0.15, -0.1) is 0 Å². The van der Waals surface area contributed by atoms with E-state index in [2.05, 4.69) is 22.6 Å². The van der Waals surface area contributed by atoms with Crippen molar-refractivity contribution in [1.82, 2.24) is 0 Å². The van der Waals surface area contributed by atoms with Crippen LogP contribution in [0.15, 0.2) is 33.5 Å². The molecule has 2 nitrogen and oxygen atoms in total. The summed E-state index contributed by atoms with van der Waals surface area (Å²) in [5.41, 5.74) is -0.188. The second-order valence-corrected chi connectivity index (χ2v) is 6.03. The van der Waals surface area contributed by atoms with Crippen molar-refractivity contribution < 1.29 is 4.42 Å². The highest BCUT2D eigenvalue weighted by molar-refractivity contribution is 14.1. The molecule has 0 bridgehead atoms. The van der Waals surface area contributed by atoms with Gasteiger partial charge in [0.25, 0.3) is 0 Å². The number of rotatable bonds is 1. The Bertz CT molecular complexity index is 624. The van der Waals surface area contributed by atoms with Crippen LogP contribution in [0.4, 0.5) is 0 Å². The molecule has 1 heterocycles. The van der Waals surface area contributed by atoms with Crippen LogP contribution in [0.2, 0.25) is 0 Å². The Morgan fingerprint density at radius 1 is 1.06 bits per heavy atom. The van der Waals surface area contributed by atoms with E-state index >= 15 is 0 Å². The molecular weight excluding hydrogens is 339 g/mol. The molecular formula is C15H15IO2. The van der Waals surface area contributed by atoms with Gasteiger partial charge in [0.1, 0.15) is 5.76 Å². The second-order valence-electron chi connectivity index (χ2n) is 4.95. The third kappa shape index (κ3) is 2.09. The number of hydrogen-bond donors (Lipinski definition) is 0. The van der Waals surface area contributed by atoms with Crippen LogP contribution in [0.5, 0.6) is 0 Å². The van der Waals surface area contributed by atoms with E-state index < -0.39 is 0 Å². The molecule has 1 aliphatic carbocycles. The van der Waals surface area contributed by atoms with Gasteiger partial charge < -0.3 is 4.42 Å². The lowest BCUT2D eigenvalue weighted by Gasteiger charge is -2.21. The van der Waals surface area contributed by atoms with Crippen molar-refractivity contribution in [2.75, 3.05) is 0 Å². The Morgan fingerprint density at radius 2 is 1.72 bits per heavy atom.